The Kier molecular flexibility index (Phi) is 3.69. The molecule has 0 unspecified atom stereocenters. The monoisotopic (exact) mass is 279 g/mol. The second kappa shape index (κ2) is 5.79. The smallest absolute Gasteiger partial charge is 0.147 e. The third kappa shape index (κ3) is 2.79. The van der Waals surface area contributed by atoms with Crippen LogP contribution in [0.15, 0.2) is 54.6 Å². The van der Waals surface area contributed by atoms with Gasteiger partial charge in [-0.25, -0.2) is 0 Å². The lowest BCUT2D eigenvalue weighted by atomic mass is 10.2. The van der Waals surface area contributed by atoms with Crippen LogP contribution in [0.3, 0.4) is 0 Å². The Morgan fingerprint density at radius 2 is 1.81 bits per heavy atom. The minimum Gasteiger partial charge on any atom is -0.487 e. The van der Waals surface area contributed by atoms with Crippen molar-refractivity contribution in [2.75, 3.05) is 6.61 Å². The first-order valence-electron chi connectivity index (χ1n) is 6.95. The molecule has 4 heteroatoms. The first-order chi connectivity index (χ1) is 10.3. The molecule has 0 spiro atoms. The zero-order valence-electron chi connectivity index (χ0n) is 12.2. The number of benzene rings is 2. The Morgan fingerprint density at radius 1 is 1.10 bits per heavy atom. The van der Waals surface area contributed by atoms with Gasteiger partial charge >= 0.3 is 0 Å². The van der Waals surface area contributed by atoms with Gasteiger partial charge in [-0.1, -0.05) is 30.4 Å². The van der Waals surface area contributed by atoms with Gasteiger partial charge in [0.1, 0.15) is 29.1 Å². The van der Waals surface area contributed by atoms with Gasteiger partial charge < -0.3 is 4.74 Å². The predicted molar refractivity (Wildman–Crippen MR) is 83.9 cm³/mol. The molecule has 0 radical (unpaired) electrons. The molecule has 0 saturated carbocycles. The molecule has 0 aliphatic heterocycles. The number of allylic oxidation sites excluding steroid dienone is 1. The van der Waals surface area contributed by atoms with Crippen LogP contribution in [0.1, 0.15) is 12.5 Å². The summed E-state index contributed by atoms with van der Waals surface area (Å²) in [5.41, 5.74) is 3.75. The summed E-state index contributed by atoms with van der Waals surface area (Å²) >= 11 is 0. The Morgan fingerprint density at radius 3 is 2.48 bits per heavy atom. The molecule has 4 nitrogen and oxygen atoms in total. The molecule has 0 bridgehead atoms. The molecule has 0 atom stereocenters. The number of fused-ring (bicyclic) bond motifs is 1. The summed E-state index contributed by atoms with van der Waals surface area (Å²) in [7, 11) is 0. The SMILES string of the molecule is CC=CCOc1ccc(C)cc1-n1nc2ccccc2n1. The molecule has 3 rings (SSSR count). The first kappa shape index (κ1) is 13.4. The largest absolute Gasteiger partial charge is 0.487 e. The minimum absolute atomic E-state index is 0.535. The van der Waals surface area contributed by atoms with Gasteiger partial charge in [-0.3, -0.25) is 0 Å². The highest BCUT2D eigenvalue weighted by atomic mass is 16.5. The quantitative estimate of drug-likeness (QED) is 0.684. The fourth-order valence-electron chi connectivity index (χ4n) is 2.11. The van der Waals surface area contributed by atoms with Crippen LogP contribution in [0.4, 0.5) is 0 Å². The average molecular weight is 279 g/mol. The van der Waals surface area contributed by atoms with Crippen molar-refractivity contribution in [3.05, 3.63) is 60.2 Å². The average Bonchev–Trinajstić information content (AvgIpc) is 2.92. The molecular weight excluding hydrogens is 262 g/mol. The van der Waals surface area contributed by atoms with Crippen molar-refractivity contribution < 1.29 is 4.74 Å². The van der Waals surface area contributed by atoms with Crippen LogP contribution in [-0.2, 0) is 0 Å². The number of rotatable bonds is 4. The Labute approximate surface area is 123 Å². The summed E-state index contributed by atoms with van der Waals surface area (Å²) in [5.74, 6) is 0.777. The van der Waals surface area contributed by atoms with E-state index in [9.17, 15) is 0 Å². The predicted octanol–water partition coefficient (Wildman–Crippen LogP) is 3.68. The van der Waals surface area contributed by atoms with E-state index in [1.54, 1.807) is 4.80 Å². The maximum Gasteiger partial charge on any atom is 0.147 e. The van der Waals surface area contributed by atoms with Gasteiger partial charge in [-0.15, -0.1) is 15.0 Å². The number of hydrogen-bond donors (Lipinski definition) is 0. The normalized spacial score (nSPS) is 11.3. The van der Waals surface area contributed by atoms with Crippen molar-refractivity contribution in [1.82, 2.24) is 15.0 Å². The van der Waals surface area contributed by atoms with Gasteiger partial charge in [0.15, 0.2) is 0 Å². The van der Waals surface area contributed by atoms with Gasteiger partial charge in [-0.2, -0.15) is 0 Å². The summed E-state index contributed by atoms with van der Waals surface area (Å²) < 4.78 is 5.80. The summed E-state index contributed by atoms with van der Waals surface area (Å²) in [6.45, 7) is 4.55. The molecule has 0 fully saturated rings. The fraction of sp³-hybridized carbons (Fsp3) is 0.176. The summed E-state index contributed by atoms with van der Waals surface area (Å²) in [6.07, 6.45) is 3.94. The van der Waals surface area contributed by atoms with Crippen molar-refractivity contribution in [1.29, 1.82) is 0 Å². The Balaban J connectivity index is 2.04. The molecule has 0 saturated heterocycles. The van der Waals surface area contributed by atoms with E-state index in [0.29, 0.717) is 6.61 Å². The third-order valence-electron chi connectivity index (χ3n) is 3.19. The van der Waals surface area contributed by atoms with Gasteiger partial charge in [-0.05, 0) is 43.7 Å². The zero-order chi connectivity index (χ0) is 14.7. The minimum atomic E-state index is 0.535. The highest BCUT2D eigenvalue weighted by Crippen LogP contribution is 2.24. The Hall–Kier alpha value is -2.62. The van der Waals surface area contributed by atoms with Gasteiger partial charge in [0.2, 0.25) is 0 Å². The van der Waals surface area contributed by atoms with Crippen LogP contribution in [0.25, 0.3) is 16.7 Å². The number of nitrogens with zero attached hydrogens (tertiary/aromatic N) is 3. The summed E-state index contributed by atoms with van der Waals surface area (Å²) in [6, 6.07) is 13.8. The summed E-state index contributed by atoms with van der Waals surface area (Å²) in [4.78, 5) is 1.64. The number of hydrogen-bond acceptors (Lipinski definition) is 3. The van der Waals surface area contributed by atoms with Crippen LogP contribution < -0.4 is 4.74 Å². The molecule has 1 heterocycles. The van der Waals surface area contributed by atoms with E-state index in [0.717, 1.165) is 28.0 Å². The van der Waals surface area contributed by atoms with Crippen LogP contribution >= 0.6 is 0 Å². The van der Waals surface area contributed by atoms with Crippen molar-refractivity contribution in [2.45, 2.75) is 13.8 Å². The third-order valence-corrected chi connectivity index (χ3v) is 3.19. The van der Waals surface area contributed by atoms with Crippen LogP contribution in [0.2, 0.25) is 0 Å². The maximum atomic E-state index is 5.80. The van der Waals surface area contributed by atoms with Gasteiger partial charge in [0.05, 0.1) is 0 Å². The lowest BCUT2D eigenvalue weighted by molar-refractivity contribution is 0.359. The highest BCUT2D eigenvalue weighted by Gasteiger charge is 2.10. The van der Waals surface area contributed by atoms with Crippen LogP contribution in [-0.4, -0.2) is 21.6 Å². The molecule has 106 valence electrons. The second-order valence-electron chi connectivity index (χ2n) is 4.83. The lowest BCUT2D eigenvalue weighted by Crippen LogP contribution is -2.04. The van der Waals surface area contributed by atoms with Gasteiger partial charge in [0, 0.05) is 0 Å². The molecule has 3 aromatic rings. The molecular formula is C17H17N3O. The van der Waals surface area contributed by atoms with E-state index in [-0.39, 0.29) is 0 Å². The second-order valence-corrected chi connectivity index (χ2v) is 4.83. The number of aryl methyl sites for hydroxylation is 1. The van der Waals surface area contributed by atoms with Crippen molar-refractivity contribution in [2.24, 2.45) is 0 Å². The van der Waals surface area contributed by atoms with Crippen LogP contribution in [0, 0.1) is 6.92 Å². The lowest BCUT2D eigenvalue weighted by Gasteiger charge is -2.10. The highest BCUT2D eigenvalue weighted by molar-refractivity contribution is 5.73. The van der Waals surface area contributed by atoms with E-state index in [1.165, 1.54) is 0 Å². The van der Waals surface area contributed by atoms with E-state index >= 15 is 0 Å². The van der Waals surface area contributed by atoms with E-state index in [4.69, 9.17) is 4.74 Å². The van der Waals surface area contributed by atoms with Gasteiger partial charge in [0.25, 0.3) is 0 Å². The molecule has 0 N–H and O–H groups in total. The topological polar surface area (TPSA) is 39.9 Å². The molecule has 1 aromatic heterocycles. The van der Waals surface area contributed by atoms with E-state index in [2.05, 4.69) is 10.2 Å². The number of ether oxygens (including phenoxy) is 1. The molecule has 0 aliphatic rings. The molecule has 0 amide bonds. The fourth-order valence-corrected chi connectivity index (χ4v) is 2.11. The molecule has 21 heavy (non-hydrogen) atoms. The standard InChI is InChI=1S/C17H17N3O/c1-3-4-11-21-17-10-9-13(2)12-16(17)20-18-14-7-5-6-8-15(14)19-20/h3-10,12H,11H2,1-2H3. The zero-order valence-corrected chi connectivity index (χ0v) is 12.2. The van der Waals surface area contributed by atoms with Crippen molar-refractivity contribution in [3.8, 4) is 11.4 Å². The summed E-state index contributed by atoms with van der Waals surface area (Å²) in [5, 5.41) is 9.04. The first-order valence-corrected chi connectivity index (χ1v) is 6.95. The maximum absolute atomic E-state index is 5.80. The van der Waals surface area contributed by atoms with Crippen LogP contribution in [0.5, 0.6) is 5.75 Å². The molecule has 2 aromatic carbocycles. The van der Waals surface area contributed by atoms with Crippen molar-refractivity contribution >= 4 is 11.0 Å². The van der Waals surface area contributed by atoms with E-state index < -0.39 is 0 Å². The number of aromatic nitrogens is 3. The van der Waals surface area contributed by atoms with Crippen molar-refractivity contribution in [3.63, 3.8) is 0 Å². The molecule has 0 aliphatic carbocycles. The Bertz CT molecular complexity index is 757. The van der Waals surface area contributed by atoms with E-state index in [1.807, 2.05) is 68.5 Å².